The number of aryl methyl sites for hydroxylation is 2. The minimum Gasteiger partial charge on any atom is -0.303 e. The van der Waals surface area contributed by atoms with Crippen molar-refractivity contribution in [2.24, 2.45) is 5.92 Å². The number of hydrogen-bond acceptors (Lipinski definition) is 4. The minimum absolute atomic E-state index is 0.458. The molecule has 0 aromatic carbocycles. The summed E-state index contributed by atoms with van der Waals surface area (Å²) < 4.78 is 27.4. The fraction of sp³-hybridized carbons (Fsp3) is 0.733. The summed E-state index contributed by atoms with van der Waals surface area (Å²) in [5, 5.41) is 0. The van der Waals surface area contributed by atoms with Crippen molar-refractivity contribution in [3.05, 3.63) is 15.8 Å². The molecule has 0 spiro atoms. The first kappa shape index (κ1) is 16.9. The summed E-state index contributed by atoms with van der Waals surface area (Å²) in [4.78, 5) is 4.84. The summed E-state index contributed by atoms with van der Waals surface area (Å²) in [7, 11) is -3.35. The lowest BCUT2D eigenvalue weighted by molar-refractivity contribution is 0.314. The molecule has 1 saturated heterocycles. The lowest BCUT2D eigenvalue weighted by Crippen LogP contribution is -2.36. The van der Waals surface area contributed by atoms with E-state index in [1.807, 2.05) is 26.8 Å². The van der Waals surface area contributed by atoms with Crippen LogP contribution in [0, 0.1) is 19.8 Å². The Kier molecular flexibility index (Phi) is 5.46. The fourth-order valence-electron chi connectivity index (χ4n) is 3.04. The van der Waals surface area contributed by atoms with Gasteiger partial charge in [0, 0.05) is 29.4 Å². The van der Waals surface area contributed by atoms with Gasteiger partial charge in [-0.1, -0.05) is 13.8 Å². The lowest BCUT2D eigenvalue weighted by Gasteiger charge is -2.24. The van der Waals surface area contributed by atoms with E-state index in [1.165, 1.54) is 0 Å². The first-order chi connectivity index (χ1) is 9.88. The van der Waals surface area contributed by atoms with Crippen LogP contribution in [0.15, 0.2) is 11.0 Å². The van der Waals surface area contributed by atoms with E-state index >= 15 is 0 Å². The molecule has 0 radical (unpaired) electrons. The predicted octanol–water partition coefficient (Wildman–Crippen LogP) is 2.72. The van der Waals surface area contributed by atoms with Crippen LogP contribution in [-0.2, 0) is 10.0 Å². The number of likely N-dealkylation sites (tertiary alicyclic amines) is 1. The minimum atomic E-state index is -3.35. The van der Waals surface area contributed by atoms with Gasteiger partial charge >= 0.3 is 0 Å². The van der Waals surface area contributed by atoms with Gasteiger partial charge in [-0.3, -0.25) is 0 Å². The molecule has 1 aliphatic rings. The Morgan fingerprint density at radius 3 is 2.57 bits per heavy atom. The molecule has 21 heavy (non-hydrogen) atoms. The largest absolute Gasteiger partial charge is 0.303 e. The smallest absolute Gasteiger partial charge is 0.244 e. The van der Waals surface area contributed by atoms with Crippen LogP contribution in [-0.4, -0.2) is 50.3 Å². The average molecular weight is 331 g/mol. The van der Waals surface area contributed by atoms with Gasteiger partial charge in [0.05, 0.1) is 4.90 Å². The second-order valence-corrected chi connectivity index (χ2v) is 9.15. The zero-order chi connectivity index (χ0) is 15.6. The third kappa shape index (κ3) is 3.67. The van der Waals surface area contributed by atoms with E-state index in [0.717, 1.165) is 35.8 Å². The molecule has 1 fully saturated rings. The second-order valence-electron chi connectivity index (χ2n) is 5.78. The quantitative estimate of drug-likeness (QED) is 0.805. The molecule has 0 bridgehead atoms. The molecule has 0 saturated carbocycles. The Bertz CT molecular complexity index is 580. The average Bonchev–Trinajstić information content (AvgIpc) is 3.02. The van der Waals surface area contributed by atoms with Crippen LogP contribution in [0.2, 0.25) is 0 Å². The first-order valence-electron chi connectivity index (χ1n) is 7.68. The first-order valence-corrected chi connectivity index (χ1v) is 9.93. The van der Waals surface area contributed by atoms with Gasteiger partial charge in [-0.25, -0.2) is 8.42 Å². The SMILES string of the molecule is CCN1CCC(CN(CC)S(=O)(=O)c2cc(C)sc2C)C1. The van der Waals surface area contributed by atoms with Crippen molar-refractivity contribution in [3.8, 4) is 0 Å². The molecular formula is C15H26N2O2S2. The molecular weight excluding hydrogens is 304 g/mol. The molecule has 0 amide bonds. The molecule has 0 aliphatic carbocycles. The summed E-state index contributed by atoms with van der Waals surface area (Å²) >= 11 is 1.56. The van der Waals surface area contributed by atoms with E-state index in [0.29, 0.717) is 23.9 Å². The molecule has 1 aromatic heterocycles. The van der Waals surface area contributed by atoms with Crippen LogP contribution in [0.4, 0.5) is 0 Å². The van der Waals surface area contributed by atoms with Crippen molar-refractivity contribution < 1.29 is 8.42 Å². The van der Waals surface area contributed by atoms with E-state index in [9.17, 15) is 8.42 Å². The molecule has 4 nitrogen and oxygen atoms in total. The predicted molar refractivity (Wildman–Crippen MR) is 88.4 cm³/mol. The third-order valence-corrected chi connectivity index (χ3v) is 7.41. The zero-order valence-electron chi connectivity index (χ0n) is 13.4. The van der Waals surface area contributed by atoms with E-state index in [2.05, 4.69) is 11.8 Å². The Balaban J connectivity index is 2.15. The van der Waals surface area contributed by atoms with Gasteiger partial charge in [0.2, 0.25) is 10.0 Å². The van der Waals surface area contributed by atoms with Crippen molar-refractivity contribution in [2.75, 3.05) is 32.7 Å². The third-order valence-electron chi connectivity index (χ3n) is 4.24. The lowest BCUT2D eigenvalue weighted by atomic mass is 10.1. The number of sulfonamides is 1. The summed E-state index contributed by atoms with van der Waals surface area (Å²) in [5.41, 5.74) is 0. The van der Waals surface area contributed by atoms with Crippen molar-refractivity contribution >= 4 is 21.4 Å². The van der Waals surface area contributed by atoms with Gasteiger partial charge in [-0.05, 0) is 45.3 Å². The molecule has 120 valence electrons. The molecule has 1 unspecified atom stereocenters. The van der Waals surface area contributed by atoms with E-state index in [4.69, 9.17) is 0 Å². The van der Waals surface area contributed by atoms with E-state index < -0.39 is 10.0 Å². The van der Waals surface area contributed by atoms with Gasteiger partial charge in [-0.2, -0.15) is 4.31 Å². The maximum Gasteiger partial charge on any atom is 0.244 e. The Labute approximate surface area is 132 Å². The standard InChI is InChI=1S/C15H26N2O2S2/c1-5-16-8-7-14(10-16)11-17(6-2)21(18,19)15-9-12(3)20-13(15)4/h9,14H,5-8,10-11H2,1-4H3. The molecule has 2 heterocycles. The van der Waals surface area contributed by atoms with Crippen molar-refractivity contribution in [3.63, 3.8) is 0 Å². The Morgan fingerprint density at radius 1 is 1.38 bits per heavy atom. The zero-order valence-corrected chi connectivity index (χ0v) is 15.1. The van der Waals surface area contributed by atoms with Gasteiger partial charge in [0.1, 0.15) is 0 Å². The van der Waals surface area contributed by atoms with Gasteiger partial charge in [0.15, 0.2) is 0 Å². The fourth-order valence-corrected chi connectivity index (χ4v) is 6.09. The van der Waals surface area contributed by atoms with Crippen molar-refractivity contribution in [1.82, 2.24) is 9.21 Å². The summed E-state index contributed by atoms with van der Waals surface area (Å²) in [6, 6.07) is 1.81. The molecule has 0 N–H and O–H groups in total. The highest BCUT2D eigenvalue weighted by molar-refractivity contribution is 7.89. The second kappa shape index (κ2) is 6.77. The van der Waals surface area contributed by atoms with Crippen LogP contribution < -0.4 is 0 Å². The van der Waals surface area contributed by atoms with Crippen LogP contribution >= 0.6 is 11.3 Å². The molecule has 2 rings (SSSR count). The van der Waals surface area contributed by atoms with E-state index in [-0.39, 0.29) is 0 Å². The van der Waals surface area contributed by atoms with Gasteiger partial charge < -0.3 is 4.90 Å². The summed E-state index contributed by atoms with van der Waals surface area (Å²) in [6.07, 6.45) is 1.10. The molecule has 1 aromatic rings. The Hall–Kier alpha value is -0.430. The molecule has 1 atom stereocenters. The number of hydrogen-bond donors (Lipinski definition) is 0. The highest BCUT2D eigenvalue weighted by atomic mass is 32.2. The van der Waals surface area contributed by atoms with Gasteiger partial charge in [0.25, 0.3) is 0 Å². The summed E-state index contributed by atoms with van der Waals surface area (Å²) in [6.45, 7) is 12.3. The number of rotatable bonds is 6. The van der Waals surface area contributed by atoms with Crippen molar-refractivity contribution in [1.29, 1.82) is 0 Å². The van der Waals surface area contributed by atoms with Gasteiger partial charge in [-0.15, -0.1) is 11.3 Å². The topological polar surface area (TPSA) is 40.6 Å². The molecule has 1 aliphatic heterocycles. The Morgan fingerprint density at radius 2 is 2.10 bits per heavy atom. The van der Waals surface area contributed by atoms with Crippen LogP contribution in [0.25, 0.3) is 0 Å². The highest BCUT2D eigenvalue weighted by Crippen LogP contribution is 2.29. The van der Waals surface area contributed by atoms with Crippen molar-refractivity contribution in [2.45, 2.75) is 39.0 Å². The molecule has 6 heteroatoms. The van der Waals surface area contributed by atoms with Crippen LogP contribution in [0.1, 0.15) is 30.0 Å². The number of thiophene rings is 1. The highest BCUT2D eigenvalue weighted by Gasteiger charge is 2.30. The number of nitrogens with zero attached hydrogens (tertiary/aromatic N) is 2. The van der Waals surface area contributed by atoms with Crippen LogP contribution in [0.3, 0.4) is 0 Å². The maximum absolute atomic E-state index is 12.9. The normalized spacial score (nSPS) is 20.5. The maximum atomic E-state index is 12.9. The monoisotopic (exact) mass is 330 g/mol. The summed E-state index contributed by atoms with van der Waals surface area (Å²) in [5.74, 6) is 0.458. The van der Waals surface area contributed by atoms with Crippen LogP contribution in [0.5, 0.6) is 0 Å². The van der Waals surface area contributed by atoms with E-state index in [1.54, 1.807) is 15.6 Å².